The van der Waals surface area contributed by atoms with Gasteiger partial charge in [0.25, 0.3) is 0 Å². The molecule has 3 rings (SSSR count). The van der Waals surface area contributed by atoms with Gasteiger partial charge in [0.2, 0.25) is 10.0 Å². The lowest BCUT2D eigenvalue weighted by atomic mass is 9.79. The van der Waals surface area contributed by atoms with E-state index in [1.807, 2.05) is 71.9 Å². The number of nitrogens with zero attached hydrogens (tertiary/aromatic N) is 1. The normalized spacial score (nSPS) is 18.0. The van der Waals surface area contributed by atoms with Gasteiger partial charge in [0, 0.05) is 12.6 Å². The maximum Gasteiger partial charge on any atom is 0.494 e. The smallest absolute Gasteiger partial charge is 0.494 e. The van der Waals surface area contributed by atoms with Crippen LogP contribution in [0.3, 0.4) is 0 Å². The van der Waals surface area contributed by atoms with Crippen LogP contribution in [0.2, 0.25) is 0 Å². The number of benzene rings is 2. The Hall–Kier alpha value is -1.87. The molecule has 0 saturated carbocycles. The van der Waals surface area contributed by atoms with Crippen LogP contribution < -0.4 is 10.2 Å². The first-order valence-electron chi connectivity index (χ1n) is 10.5. The number of methoxy groups -OCH3 is 1. The summed E-state index contributed by atoms with van der Waals surface area (Å²) in [7, 11) is -2.75. The van der Waals surface area contributed by atoms with Gasteiger partial charge in [-0.25, -0.2) is 8.42 Å². The maximum atomic E-state index is 13.5. The molecule has 2 aromatic rings. The van der Waals surface area contributed by atoms with E-state index in [2.05, 4.69) is 0 Å². The average molecular weight is 445 g/mol. The van der Waals surface area contributed by atoms with Crippen LogP contribution in [0.15, 0.2) is 53.4 Å². The summed E-state index contributed by atoms with van der Waals surface area (Å²) in [5.74, 6) is 0.734. The van der Waals surface area contributed by atoms with Crippen LogP contribution in [0.5, 0.6) is 5.75 Å². The number of sulfonamides is 1. The summed E-state index contributed by atoms with van der Waals surface area (Å²) in [5.41, 5.74) is 0.587. The Balaban J connectivity index is 1.90. The first kappa shape index (κ1) is 23.8. The lowest BCUT2D eigenvalue weighted by Gasteiger charge is -2.32. The third-order valence-corrected chi connectivity index (χ3v) is 8.08. The fraction of sp³-hybridized carbons (Fsp3) is 0.478. The molecule has 1 fully saturated rings. The average Bonchev–Trinajstić information content (AvgIpc) is 2.93. The summed E-state index contributed by atoms with van der Waals surface area (Å²) in [6.07, 6.45) is 0. The first-order chi connectivity index (χ1) is 14.4. The topological polar surface area (TPSA) is 65.1 Å². The van der Waals surface area contributed by atoms with E-state index in [0.717, 1.165) is 11.3 Å². The molecule has 0 aliphatic carbocycles. The molecule has 1 aliphatic rings. The minimum atomic E-state index is -3.73. The molecule has 2 aromatic carbocycles. The number of ether oxygens (including phenoxy) is 1. The van der Waals surface area contributed by atoms with Crippen LogP contribution in [0, 0.1) is 0 Å². The minimum Gasteiger partial charge on any atom is -0.497 e. The van der Waals surface area contributed by atoms with Crippen molar-refractivity contribution in [2.24, 2.45) is 0 Å². The van der Waals surface area contributed by atoms with Gasteiger partial charge >= 0.3 is 7.12 Å². The Bertz CT molecular complexity index is 1000. The summed E-state index contributed by atoms with van der Waals surface area (Å²) in [6.45, 7) is 11.9. The molecular formula is C23H32BNO5S. The summed E-state index contributed by atoms with van der Waals surface area (Å²) in [6, 6.07) is 14.1. The lowest BCUT2D eigenvalue weighted by Crippen LogP contribution is -2.41. The molecule has 0 unspecified atom stereocenters. The number of hydrogen-bond acceptors (Lipinski definition) is 5. The van der Waals surface area contributed by atoms with Gasteiger partial charge < -0.3 is 14.0 Å². The first-order valence-corrected chi connectivity index (χ1v) is 11.9. The van der Waals surface area contributed by atoms with Crippen LogP contribution in [0.25, 0.3) is 0 Å². The van der Waals surface area contributed by atoms with E-state index < -0.39 is 28.3 Å². The molecule has 31 heavy (non-hydrogen) atoms. The lowest BCUT2D eigenvalue weighted by molar-refractivity contribution is 0.00578. The Morgan fingerprint density at radius 2 is 1.58 bits per heavy atom. The van der Waals surface area contributed by atoms with Gasteiger partial charge in [0.1, 0.15) is 5.75 Å². The largest absolute Gasteiger partial charge is 0.497 e. The van der Waals surface area contributed by atoms with Crippen molar-refractivity contribution in [1.29, 1.82) is 0 Å². The van der Waals surface area contributed by atoms with E-state index in [1.165, 1.54) is 4.31 Å². The zero-order valence-electron chi connectivity index (χ0n) is 19.4. The van der Waals surface area contributed by atoms with Gasteiger partial charge in [-0.3, -0.25) is 0 Å². The molecule has 0 N–H and O–H groups in total. The summed E-state index contributed by atoms with van der Waals surface area (Å²) in [4.78, 5) is 0.224. The molecule has 168 valence electrons. The van der Waals surface area contributed by atoms with Gasteiger partial charge in [0.05, 0.1) is 23.2 Å². The van der Waals surface area contributed by atoms with Crippen LogP contribution in [0.1, 0.15) is 47.1 Å². The molecule has 1 heterocycles. The minimum absolute atomic E-state index is 0.215. The highest BCUT2D eigenvalue weighted by Crippen LogP contribution is 2.36. The molecule has 0 bridgehead atoms. The fourth-order valence-electron chi connectivity index (χ4n) is 3.39. The Kier molecular flexibility index (Phi) is 6.59. The SMILES string of the molecule is COc1ccc(CN(C(C)C)S(=O)(=O)c2cccc(B3OC(C)(C)C(C)(C)O3)c2)cc1. The Morgan fingerprint density at radius 1 is 1.00 bits per heavy atom. The molecule has 0 atom stereocenters. The van der Waals surface area contributed by atoms with Crippen molar-refractivity contribution in [1.82, 2.24) is 4.31 Å². The maximum absolute atomic E-state index is 13.5. The van der Waals surface area contributed by atoms with Crippen LogP contribution in [0.4, 0.5) is 0 Å². The molecule has 0 radical (unpaired) electrons. The van der Waals surface area contributed by atoms with Crippen LogP contribution >= 0.6 is 0 Å². The second-order valence-electron chi connectivity index (χ2n) is 9.15. The monoisotopic (exact) mass is 445 g/mol. The third-order valence-electron chi connectivity index (χ3n) is 6.06. The summed E-state index contributed by atoms with van der Waals surface area (Å²) < 4.78 is 46.0. The van der Waals surface area contributed by atoms with E-state index in [4.69, 9.17) is 14.0 Å². The van der Waals surface area contributed by atoms with Crippen molar-refractivity contribution >= 4 is 22.6 Å². The van der Waals surface area contributed by atoms with Gasteiger partial charge in [-0.15, -0.1) is 0 Å². The van der Waals surface area contributed by atoms with Gasteiger partial charge in [-0.1, -0.05) is 24.3 Å². The Labute approximate surface area is 186 Å². The Morgan fingerprint density at radius 3 is 2.10 bits per heavy atom. The standard InChI is InChI=1S/C23H32BNO5S/c1-17(2)25(16-18-11-13-20(28-7)14-12-18)31(26,27)21-10-8-9-19(15-21)24-29-22(3,4)23(5,6)30-24/h8-15,17H,16H2,1-7H3. The molecule has 8 heteroatoms. The van der Waals surface area contributed by atoms with Crippen molar-refractivity contribution in [3.63, 3.8) is 0 Å². The summed E-state index contributed by atoms with van der Waals surface area (Å²) in [5, 5.41) is 0. The predicted octanol–water partition coefficient (Wildman–Crippen LogP) is 3.59. The number of rotatable bonds is 7. The highest BCUT2D eigenvalue weighted by atomic mass is 32.2. The second kappa shape index (κ2) is 8.58. The van der Waals surface area contributed by atoms with Gasteiger partial charge in [-0.2, -0.15) is 4.31 Å². The van der Waals surface area contributed by atoms with Gasteiger partial charge in [-0.05, 0) is 76.8 Å². The highest BCUT2D eigenvalue weighted by Gasteiger charge is 2.51. The molecule has 0 amide bonds. The van der Waals surface area contributed by atoms with Crippen LogP contribution in [-0.4, -0.2) is 44.2 Å². The van der Waals surface area contributed by atoms with E-state index in [9.17, 15) is 8.42 Å². The van der Waals surface area contributed by atoms with Crippen molar-refractivity contribution in [2.75, 3.05) is 7.11 Å². The summed E-state index contributed by atoms with van der Waals surface area (Å²) >= 11 is 0. The number of hydrogen-bond donors (Lipinski definition) is 0. The third kappa shape index (κ3) is 4.82. The van der Waals surface area contributed by atoms with Crippen molar-refractivity contribution in [3.05, 3.63) is 54.1 Å². The van der Waals surface area contributed by atoms with Crippen LogP contribution in [-0.2, 0) is 25.9 Å². The molecule has 0 spiro atoms. The fourth-order valence-corrected chi connectivity index (χ4v) is 5.07. The van der Waals surface area contributed by atoms with E-state index in [1.54, 1.807) is 25.3 Å². The van der Waals surface area contributed by atoms with E-state index >= 15 is 0 Å². The van der Waals surface area contributed by atoms with Crippen molar-refractivity contribution in [2.45, 2.75) is 70.2 Å². The highest BCUT2D eigenvalue weighted by molar-refractivity contribution is 7.89. The van der Waals surface area contributed by atoms with Gasteiger partial charge in [0.15, 0.2) is 0 Å². The molecule has 1 saturated heterocycles. The van der Waals surface area contributed by atoms with E-state index in [-0.39, 0.29) is 17.5 Å². The second-order valence-corrected chi connectivity index (χ2v) is 11.0. The quantitative estimate of drug-likeness (QED) is 0.610. The molecule has 0 aromatic heterocycles. The molecular weight excluding hydrogens is 413 g/mol. The predicted molar refractivity (Wildman–Crippen MR) is 123 cm³/mol. The van der Waals surface area contributed by atoms with E-state index in [0.29, 0.717) is 5.46 Å². The molecule has 6 nitrogen and oxygen atoms in total. The van der Waals surface area contributed by atoms with Crippen molar-refractivity contribution < 1.29 is 22.5 Å². The molecule has 1 aliphatic heterocycles. The zero-order chi connectivity index (χ0) is 23.0. The van der Waals surface area contributed by atoms with Crippen molar-refractivity contribution in [3.8, 4) is 5.75 Å². The zero-order valence-corrected chi connectivity index (χ0v) is 20.2.